The summed E-state index contributed by atoms with van der Waals surface area (Å²) in [6.45, 7) is 0.0737. The lowest BCUT2D eigenvalue weighted by Gasteiger charge is -2.23. The molecule has 2 N–H and O–H groups in total. The second kappa shape index (κ2) is 9.74. The van der Waals surface area contributed by atoms with Crippen LogP contribution >= 0.6 is 11.8 Å². The number of aromatic carboxylic acids is 1. The Hall–Kier alpha value is -4.95. The van der Waals surface area contributed by atoms with E-state index >= 15 is 0 Å². The van der Waals surface area contributed by atoms with Crippen LogP contribution in [0.25, 0.3) is 38.8 Å². The van der Waals surface area contributed by atoms with Gasteiger partial charge in [-0.2, -0.15) is 0 Å². The van der Waals surface area contributed by atoms with Gasteiger partial charge in [0.2, 0.25) is 5.12 Å². The van der Waals surface area contributed by atoms with Gasteiger partial charge in [0.25, 0.3) is 5.56 Å². The molecule has 0 aliphatic carbocycles. The number of aromatic nitrogens is 1. The van der Waals surface area contributed by atoms with Crippen LogP contribution in [-0.2, 0) is 4.79 Å². The molecule has 1 aromatic heterocycles. The highest BCUT2D eigenvalue weighted by atomic mass is 32.2. The van der Waals surface area contributed by atoms with Gasteiger partial charge in [0.15, 0.2) is 5.17 Å². The number of hydrogen-bond acceptors (Lipinski definition) is 5. The highest BCUT2D eigenvalue weighted by Crippen LogP contribution is 2.40. The van der Waals surface area contributed by atoms with Gasteiger partial charge in [0.05, 0.1) is 23.5 Å². The summed E-state index contributed by atoms with van der Waals surface area (Å²) < 4.78 is 1.49. The second-order valence-electron chi connectivity index (χ2n) is 9.01. The molecule has 5 aromatic rings. The Kier molecular flexibility index (Phi) is 6.09. The predicted octanol–water partition coefficient (Wildman–Crippen LogP) is 6.04. The lowest BCUT2D eigenvalue weighted by molar-refractivity contribution is -0.109. The van der Waals surface area contributed by atoms with Gasteiger partial charge in [0, 0.05) is 16.6 Å². The fraction of sp³-hybridized carbons (Fsp3) is 0.0323. The number of nitrogens with zero attached hydrogens (tertiary/aromatic N) is 2. The molecule has 0 unspecified atom stereocenters. The molecule has 0 saturated carbocycles. The minimum atomic E-state index is -1.14. The highest BCUT2D eigenvalue weighted by Gasteiger charge is 2.28. The summed E-state index contributed by atoms with van der Waals surface area (Å²) in [5.41, 5.74) is 3.39. The summed E-state index contributed by atoms with van der Waals surface area (Å²) >= 11 is 0.885. The number of nitrogens with one attached hydrogen (secondary N) is 1. The summed E-state index contributed by atoms with van der Waals surface area (Å²) in [6.07, 6.45) is 0. The summed E-state index contributed by atoms with van der Waals surface area (Å²) in [5, 5.41) is 19.3. The van der Waals surface area contributed by atoms with Crippen molar-refractivity contribution >= 4 is 44.5 Å². The van der Waals surface area contributed by atoms with Crippen molar-refractivity contribution in [2.45, 2.75) is 0 Å². The minimum absolute atomic E-state index is 0.00724. The summed E-state index contributed by atoms with van der Waals surface area (Å²) in [5.74, 6) is -1.14. The number of thioether (sulfide) groups is 1. The number of fused-ring (bicyclic) bond motifs is 1. The van der Waals surface area contributed by atoms with E-state index in [9.17, 15) is 19.5 Å². The molecule has 0 amide bonds. The molecule has 0 radical (unpaired) electrons. The number of carbonyl (C=O) groups is 2. The van der Waals surface area contributed by atoms with E-state index in [-0.39, 0.29) is 33.6 Å². The van der Waals surface area contributed by atoms with Crippen LogP contribution in [-0.4, -0.2) is 32.5 Å². The van der Waals surface area contributed by atoms with Crippen molar-refractivity contribution in [1.82, 2.24) is 4.57 Å². The second-order valence-corrected chi connectivity index (χ2v) is 10.1. The lowest BCUT2D eigenvalue weighted by atomic mass is 9.92. The van der Waals surface area contributed by atoms with Gasteiger partial charge in [-0.15, -0.1) is 0 Å². The monoisotopic (exact) mass is 531 g/mol. The number of anilines is 1. The van der Waals surface area contributed by atoms with Crippen LogP contribution < -0.4 is 10.5 Å². The van der Waals surface area contributed by atoms with E-state index in [4.69, 9.17) is 5.41 Å². The van der Waals surface area contributed by atoms with Crippen LogP contribution in [0.5, 0.6) is 0 Å². The van der Waals surface area contributed by atoms with Crippen LogP contribution in [0.15, 0.2) is 108 Å². The van der Waals surface area contributed by atoms with E-state index in [2.05, 4.69) is 0 Å². The van der Waals surface area contributed by atoms with Crippen molar-refractivity contribution in [3.63, 3.8) is 0 Å². The summed E-state index contributed by atoms with van der Waals surface area (Å²) in [7, 11) is 0. The van der Waals surface area contributed by atoms with Gasteiger partial charge in [-0.1, -0.05) is 72.8 Å². The normalized spacial score (nSPS) is 13.3. The van der Waals surface area contributed by atoms with Gasteiger partial charge in [-0.05, 0) is 58.6 Å². The largest absolute Gasteiger partial charge is 0.478 e. The molecule has 190 valence electrons. The SMILES string of the molecule is N=C1SC(=O)CN1c1ccc2c(=O)n(-c3ccccc3C(=O)O)c(-c3ccccc3)c(-c3ccccc3)c2c1. The third-order valence-electron chi connectivity index (χ3n) is 6.71. The van der Waals surface area contributed by atoms with Crippen LogP contribution in [0.1, 0.15) is 10.4 Å². The van der Waals surface area contributed by atoms with Crippen LogP contribution in [0, 0.1) is 5.41 Å². The zero-order chi connectivity index (χ0) is 27.1. The smallest absolute Gasteiger partial charge is 0.337 e. The van der Waals surface area contributed by atoms with Crippen molar-refractivity contribution in [2.24, 2.45) is 0 Å². The Morgan fingerprint density at radius 3 is 2.08 bits per heavy atom. The van der Waals surface area contributed by atoms with Crippen LogP contribution in [0.3, 0.4) is 0 Å². The Morgan fingerprint density at radius 2 is 1.44 bits per heavy atom. The Morgan fingerprint density at radius 1 is 0.795 bits per heavy atom. The predicted molar refractivity (Wildman–Crippen MR) is 155 cm³/mol. The number of amidine groups is 1. The average Bonchev–Trinajstić information content (AvgIpc) is 3.31. The number of para-hydroxylation sites is 1. The van der Waals surface area contributed by atoms with Crippen molar-refractivity contribution in [3.05, 3.63) is 119 Å². The van der Waals surface area contributed by atoms with Crippen molar-refractivity contribution < 1.29 is 14.7 Å². The Bertz CT molecular complexity index is 1850. The first kappa shape index (κ1) is 24.4. The summed E-state index contributed by atoms with van der Waals surface area (Å²) in [6, 6.07) is 30.8. The molecule has 4 aromatic carbocycles. The van der Waals surface area contributed by atoms with E-state index in [0.29, 0.717) is 22.2 Å². The number of carbonyl (C=O) groups excluding carboxylic acids is 1. The first-order chi connectivity index (χ1) is 18.9. The van der Waals surface area contributed by atoms with E-state index < -0.39 is 5.97 Å². The fourth-order valence-electron chi connectivity index (χ4n) is 5.01. The van der Waals surface area contributed by atoms with Crippen molar-refractivity contribution in [3.8, 4) is 28.1 Å². The average molecular weight is 532 g/mol. The third-order valence-corrected chi connectivity index (χ3v) is 7.48. The molecular formula is C31H21N3O4S. The number of carboxylic acids is 1. The summed E-state index contributed by atoms with van der Waals surface area (Å²) in [4.78, 5) is 40.2. The van der Waals surface area contributed by atoms with Gasteiger partial charge in [-0.25, -0.2) is 4.79 Å². The van der Waals surface area contributed by atoms with Crippen LogP contribution in [0.2, 0.25) is 0 Å². The van der Waals surface area contributed by atoms with E-state index in [1.54, 1.807) is 35.2 Å². The first-order valence-electron chi connectivity index (χ1n) is 12.2. The van der Waals surface area contributed by atoms with Gasteiger partial charge in [-0.3, -0.25) is 19.6 Å². The fourth-order valence-corrected chi connectivity index (χ4v) is 5.69. The first-order valence-corrected chi connectivity index (χ1v) is 13.0. The van der Waals surface area contributed by atoms with E-state index in [1.165, 1.54) is 10.6 Å². The molecule has 1 aliphatic rings. The quantitative estimate of drug-likeness (QED) is 0.287. The molecule has 7 nitrogen and oxygen atoms in total. The third kappa shape index (κ3) is 4.20. The molecule has 1 aliphatic heterocycles. The molecular weight excluding hydrogens is 510 g/mol. The minimum Gasteiger partial charge on any atom is -0.478 e. The van der Waals surface area contributed by atoms with Crippen LogP contribution in [0.4, 0.5) is 5.69 Å². The molecule has 0 atom stereocenters. The number of benzene rings is 4. The number of rotatable bonds is 5. The number of carboxylic acid groups (broad SMARTS) is 1. The maximum Gasteiger partial charge on any atom is 0.337 e. The molecule has 6 rings (SSSR count). The van der Waals surface area contributed by atoms with E-state index in [1.807, 2.05) is 66.7 Å². The highest BCUT2D eigenvalue weighted by molar-refractivity contribution is 8.27. The van der Waals surface area contributed by atoms with Gasteiger partial charge >= 0.3 is 5.97 Å². The molecule has 0 bridgehead atoms. The Labute approximate surface area is 227 Å². The van der Waals surface area contributed by atoms with Gasteiger partial charge < -0.3 is 10.0 Å². The van der Waals surface area contributed by atoms with Crippen molar-refractivity contribution in [2.75, 3.05) is 11.4 Å². The molecule has 0 spiro atoms. The Balaban J connectivity index is 1.80. The van der Waals surface area contributed by atoms with Gasteiger partial charge in [0.1, 0.15) is 0 Å². The molecule has 8 heteroatoms. The maximum absolute atomic E-state index is 14.3. The number of pyridine rings is 1. The molecule has 1 saturated heterocycles. The molecule has 1 fully saturated rings. The van der Waals surface area contributed by atoms with E-state index in [0.717, 1.165) is 28.5 Å². The number of hydrogen-bond donors (Lipinski definition) is 2. The standard InChI is InChI=1S/C31H21N3O4S/c32-31-33(18-26(35)39-31)21-15-16-22-24(17-21)27(19-9-3-1-4-10-19)28(20-11-5-2-6-12-20)34(29(22)36)25-14-8-7-13-23(25)30(37)38/h1-17,32H,18H2,(H,37,38). The zero-order valence-electron chi connectivity index (χ0n) is 20.5. The zero-order valence-corrected chi connectivity index (χ0v) is 21.3. The van der Waals surface area contributed by atoms with Crippen molar-refractivity contribution in [1.29, 1.82) is 5.41 Å². The maximum atomic E-state index is 14.3. The molecule has 2 heterocycles. The molecule has 39 heavy (non-hydrogen) atoms. The topological polar surface area (TPSA) is 103 Å². The lowest BCUT2D eigenvalue weighted by Crippen LogP contribution is -2.25.